The van der Waals surface area contributed by atoms with Crippen LogP contribution in [0.15, 0.2) is 29.2 Å². The second-order valence-electron chi connectivity index (χ2n) is 5.88. The number of hydrogen-bond donors (Lipinski definition) is 2. The number of nitrogens with one attached hydrogen (secondary N) is 2. The van der Waals surface area contributed by atoms with Crippen LogP contribution in [-0.4, -0.2) is 27.4 Å². The second kappa shape index (κ2) is 7.04. The highest BCUT2D eigenvalue weighted by atomic mass is 32.2. The first-order valence-corrected chi connectivity index (χ1v) is 8.52. The van der Waals surface area contributed by atoms with Gasteiger partial charge in [0.15, 0.2) is 0 Å². The molecule has 0 saturated carbocycles. The summed E-state index contributed by atoms with van der Waals surface area (Å²) >= 11 is 0. The van der Waals surface area contributed by atoms with Gasteiger partial charge >= 0.3 is 0 Å². The van der Waals surface area contributed by atoms with Crippen LogP contribution in [0.3, 0.4) is 0 Å². The molecule has 0 bridgehead atoms. The quantitative estimate of drug-likeness (QED) is 0.841. The Labute approximate surface area is 127 Å². The molecular weight excluding hydrogens is 288 g/mol. The Hall–Kier alpha value is -1.40. The summed E-state index contributed by atoms with van der Waals surface area (Å²) in [5.41, 5.74) is 1.05. The van der Waals surface area contributed by atoms with Crippen molar-refractivity contribution in [3.8, 4) is 0 Å². The molecular formula is C15H24N2O3S. The molecule has 1 aromatic rings. The zero-order valence-electron chi connectivity index (χ0n) is 13.1. The fraction of sp³-hybridized carbons (Fsp3) is 0.533. The van der Waals surface area contributed by atoms with Gasteiger partial charge in [-0.1, -0.05) is 32.9 Å². The Morgan fingerprint density at radius 1 is 1.14 bits per heavy atom. The molecule has 1 rings (SSSR count). The van der Waals surface area contributed by atoms with Crippen LogP contribution in [0, 0.1) is 0 Å². The van der Waals surface area contributed by atoms with Crippen molar-refractivity contribution in [3.05, 3.63) is 29.8 Å². The van der Waals surface area contributed by atoms with Crippen molar-refractivity contribution in [3.63, 3.8) is 0 Å². The lowest BCUT2D eigenvalue weighted by Gasteiger charge is -2.19. The number of rotatable bonds is 6. The molecule has 0 aliphatic rings. The Morgan fingerprint density at radius 2 is 1.71 bits per heavy atom. The maximum atomic E-state index is 12.1. The third-order valence-corrected chi connectivity index (χ3v) is 4.53. The monoisotopic (exact) mass is 312 g/mol. The molecule has 1 aromatic carbocycles. The van der Waals surface area contributed by atoms with Crippen LogP contribution in [0.1, 0.15) is 39.7 Å². The molecule has 0 spiro atoms. The van der Waals surface area contributed by atoms with Gasteiger partial charge in [-0.3, -0.25) is 4.79 Å². The molecule has 118 valence electrons. The zero-order valence-corrected chi connectivity index (χ0v) is 13.9. The van der Waals surface area contributed by atoms with Gasteiger partial charge in [0.2, 0.25) is 15.9 Å². The summed E-state index contributed by atoms with van der Waals surface area (Å²) in [6, 6.07) is 6.82. The van der Waals surface area contributed by atoms with E-state index in [0.29, 0.717) is 6.54 Å². The first-order valence-electron chi connectivity index (χ1n) is 7.03. The Balaban J connectivity index is 2.69. The molecule has 1 amide bonds. The smallest absolute Gasteiger partial charge is 0.240 e. The Morgan fingerprint density at radius 3 is 2.19 bits per heavy atom. The molecule has 0 aliphatic heterocycles. The van der Waals surface area contributed by atoms with E-state index < -0.39 is 10.0 Å². The summed E-state index contributed by atoms with van der Waals surface area (Å²) in [7, 11) is -3.56. The fourth-order valence-electron chi connectivity index (χ4n) is 1.80. The minimum absolute atomic E-state index is 0.0199. The van der Waals surface area contributed by atoms with E-state index in [1.165, 1.54) is 0 Å². The number of carbonyl (C=O) groups excluding carboxylic acids is 1. The van der Waals surface area contributed by atoms with Gasteiger partial charge < -0.3 is 5.32 Å². The van der Waals surface area contributed by atoms with E-state index in [2.05, 4.69) is 30.8 Å². The normalized spacial score (nSPS) is 12.2. The largest absolute Gasteiger partial charge is 0.356 e. The van der Waals surface area contributed by atoms with E-state index >= 15 is 0 Å². The van der Waals surface area contributed by atoms with Gasteiger partial charge in [0.25, 0.3) is 0 Å². The van der Waals surface area contributed by atoms with Gasteiger partial charge in [-0.2, -0.15) is 0 Å². The molecule has 5 nitrogen and oxygen atoms in total. The number of sulfonamides is 1. The van der Waals surface area contributed by atoms with Crippen molar-refractivity contribution >= 4 is 15.9 Å². The van der Waals surface area contributed by atoms with Crippen LogP contribution in [0.5, 0.6) is 0 Å². The number of amides is 1. The van der Waals surface area contributed by atoms with Crippen LogP contribution in [0.25, 0.3) is 0 Å². The van der Waals surface area contributed by atoms with Crippen LogP contribution >= 0.6 is 0 Å². The highest BCUT2D eigenvalue weighted by Gasteiger charge is 2.17. The topological polar surface area (TPSA) is 75.3 Å². The number of carbonyl (C=O) groups is 1. The van der Waals surface area contributed by atoms with Crippen LogP contribution in [0.4, 0.5) is 0 Å². The number of hydrogen-bond acceptors (Lipinski definition) is 3. The highest BCUT2D eigenvalue weighted by Crippen LogP contribution is 2.23. The average molecular weight is 312 g/mol. The predicted molar refractivity (Wildman–Crippen MR) is 83.6 cm³/mol. The van der Waals surface area contributed by atoms with E-state index in [1.807, 2.05) is 19.1 Å². The molecule has 0 atom stereocenters. The summed E-state index contributed by atoms with van der Waals surface area (Å²) in [5.74, 6) is -0.164. The van der Waals surface area contributed by atoms with E-state index in [-0.39, 0.29) is 29.2 Å². The fourth-order valence-corrected chi connectivity index (χ4v) is 2.83. The van der Waals surface area contributed by atoms with Gasteiger partial charge in [0.1, 0.15) is 0 Å². The first kappa shape index (κ1) is 17.7. The summed E-state index contributed by atoms with van der Waals surface area (Å²) in [5, 5.41) is 2.62. The summed E-state index contributed by atoms with van der Waals surface area (Å²) < 4.78 is 26.6. The summed E-state index contributed by atoms with van der Waals surface area (Å²) in [6.07, 6.45) is 0.132. The maximum Gasteiger partial charge on any atom is 0.240 e. The summed E-state index contributed by atoms with van der Waals surface area (Å²) in [4.78, 5) is 11.5. The van der Waals surface area contributed by atoms with Crippen molar-refractivity contribution in [2.75, 3.05) is 13.1 Å². The van der Waals surface area contributed by atoms with Crippen molar-refractivity contribution < 1.29 is 13.2 Å². The van der Waals surface area contributed by atoms with E-state index in [0.717, 1.165) is 5.56 Å². The standard InChI is InChI=1S/C15H24N2O3S/c1-5-16-14(18)10-11-17-21(19,20)13-8-6-12(7-9-13)15(2,3)4/h6-9,17H,5,10-11H2,1-4H3,(H,16,18). The van der Waals surface area contributed by atoms with Crippen molar-refractivity contribution in [1.82, 2.24) is 10.0 Å². The van der Waals surface area contributed by atoms with Gasteiger partial charge in [-0.05, 0) is 30.0 Å². The second-order valence-corrected chi connectivity index (χ2v) is 7.64. The molecule has 0 aliphatic carbocycles. The van der Waals surface area contributed by atoms with Crippen molar-refractivity contribution in [2.45, 2.75) is 44.4 Å². The minimum Gasteiger partial charge on any atom is -0.356 e. The van der Waals surface area contributed by atoms with E-state index in [1.54, 1.807) is 12.1 Å². The average Bonchev–Trinajstić information content (AvgIpc) is 2.38. The third-order valence-electron chi connectivity index (χ3n) is 3.05. The van der Waals surface area contributed by atoms with E-state index in [4.69, 9.17) is 0 Å². The number of benzene rings is 1. The molecule has 6 heteroatoms. The Bertz CT molecular complexity index is 572. The molecule has 0 heterocycles. The molecule has 2 N–H and O–H groups in total. The van der Waals surface area contributed by atoms with Crippen molar-refractivity contribution in [2.24, 2.45) is 0 Å². The lowest BCUT2D eigenvalue weighted by molar-refractivity contribution is -0.120. The van der Waals surface area contributed by atoms with Gasteiger partial charge in [0, 0.05) is 19.5 Å². The first-order chi connectivity index (χ1) is 9.66. The molecule has 0 aromatic heterocycles. The molecule has 0 fully saturated rings. The lowest BCUT2D eigenvalue weighted by Crippen LogP contribution is -2.30. The third kappa shape index (κ3) is 5.47. The zero-order chi connectivity index (χ0) is 16.1. The highest BCUT2D eigenvalue weighted by molar-refractivity contribution is 7.89. The van der Waals surface area contributed by atoms with Crippen LogP contribution in [0.2, 0.25) is 0 Å². The Kier molecular flexibility index (Phi) is 5.92. The molecule has 0 saturated heterocycles. The van der Waals surface area contributed by atoms with Crippen LogP contribution in [-0.2, 0) is 20.2 Å². The lowest BCUT2D eigenvalue weighted by atomic mass is 9.87. The van der Waals surface area contributed by atoms with Crippen molar-refractivity contribution in [1.29, 1.82) is 0 Å². The van der Waals surface area contributed by atoms with Gasteiger partial charge in [-0.25, -0.2) is 13.1 Å². The molecule has 0 radical (unpaired) electrons. The maximum absolute atomic E-state index is 12.1. The van der Waals surface area contributed by atoms with Gasteiger partial charge in [-0.15, -0.1) is 0 Å². The minimum atomic E-state index is -3.56. The molecule has 21 heavy (non-hydrogen) atoms. The predicted octanol–water partition coefficient (Wildman–Crippen LogP) is 1.79. The SMILES string of the molecule is CCNC(=O)CCNS(=O)(=O)c1ccc(C(C)(C)C)cc1. The van der Waals surface area contributed by atoms with E-state index in [9.17, 15) is 13.2 Å². The van der Waals surface area contributed by atoms with Crippen LogP contribution < -0.4 is 10.0 Å². The summed E-state index contributed by atoms with van der Waals surface area (Å²) in [6.45, 7) is 8.66. The molecule has 0 unspecified atom stereocenters. The van der Waals surface area contributed by atoms with Gasteiger partial charge in [0.05, 0.1) is 4.90 Å².